The van der Waals surface area contributed by atoms with Crippen molar-refractivity contribution in [2.75, 3.05) is 24.6 Å². The van der Waals surface area contributed by atoms with Gasteiger partial charge in [-0.25, -0.2) is 8.42 Å². The standard InChI is InChI=1S/C16H25N3O3S2/c1-12-4-2-3-5-14(12)18-16(20)15-10-13(11-17-15)24(21,22)19-6-8-23-9-7-19/h10-12,14,17H,2-9H2,1H3,(H,18,20). The zero-order valence-corrected chi connectivity index (χ0v) is 15.6. The summed E-state index contributed by atoms with van der Waals surface area (Å²) in [5, 5.41) is 3.05. The van der Waals surface area contributed by atoms with E-state index in [0.29, 0.717) is 24.7 Å². The number of aromatic amines is 1. The van der Waals surface area contributed by atoms with Gasteiger partial charge in [0.15, 0.2) is 0 Å². The maximum atomic E-state index is 12.6. The molecule has 2 unspecified atom stereocenters. The Labute approximate surface area is 147 Å². The Morgan fingerprint density at radius 1 is 1.29 bits per heavy atom. The zero-order chi connectivity index (χ0) is 17.2. The smallest absolute Gasteiger partial charge is 0.267 e. The Kier molecular flexibility index (Phi) is 5.56. The van der Waals surface area contributed by atoms with Crippen LogP contribution >= 0.6 is 11.8 Å². The predicted octanol–water partition coefficient (Wildman–Crippen LogP) is 2.06. The van der Waals surface area contributed by atoms with E-state index in [4.69, 9.17) is 0 Å². The summed E-state index contributed by atoms with van der Waals surface area (Å²) in [6.45, 7) is 3.21. The normalized spacial score (nSPS) is 26.2. The maximum Gasteiger partial charge on any atom is 0.267 e. The number of thioether (sulfide) groups is 1. The molecule has 0 aromatic carbocycles. The van der Waals surface area contributed by atoms with Crippen molar-refractivity contribution >= 4 is 27.7 Å². The fourth-order valence-electron chi connectivity index (χ4n) is 3.37. The summed E-state index contributed by atoms with van der Waals surface area (Å²) in [4.78, 5) is 15.4. The summed E-state index contributed by atoms with van der Waals surface area (Å²) < 4.78 is 26.8. The van der Waals surface area contributed by atoms with Crippen molar-refractivity contribution in [2.45, 2.75) is 43.5 Å². The number of hydrogen-bond acceptors (Lipinski definition) is 4. The summed E-state index contributed by atoms with van der Waals surface area (Å²) >= 11 is 1.76. The topological polar surface area (TPSA) is 82.3 Å². The van der Waals surface area contributed by atoms with Gasteiger partial charge >= 0.3 is 0 Å². The van der Waals surface area contributed by atoms with E-state index in [2.05, 4.69) is 17.2 Å². The first kappa shape index (κ1) is 17.8. The summed E-state index contributed by atoms with van der Waals surface area (Å²) in [7, 11) is -3.51. The number of sulfonamides is 1. The van der Waals surface area contributed by atoms with Crippen LogP contribution in [0.5, 0.6) is 0 Å². The molecular formula is C16H25N3O3S2. The van der Waals surface area contributed by atoms with Crippen LogP contribution in [-0.2, 0) is 10.0 Å². The zero-order valence-electron chi connectivity index (χ0n) is 14.0. The highest BCUT2D eigenvalue weighted by atomic mass is 32.2. The van der Waals surface area contributed by atoms with Gasteiger partial charge in [-0.05, 0) is 24.8 Å². The molecule has 2 atom stereocenters. The summed E-state index contributed by atoms with van der Waals surface area (Å²) in [5.74, 6) is 1.88. The van der Waals surface area contributed by atoms with Crippen molar-refractivity contribution in [1.82, 2.24) is 14.6 Å². The Morgan fingerprint density at radius 2 is 2.00 bits per heavy atom. The average Bonchev–Trinajstić information content (AvgIpc) is 3.09. The van der Waals surface area contributed by atoms with Crippen molar-refractivity contribution in [1.29, 1.82) is 0 Å². The van der Waals surface area contributed by atoms with Gasteiger partial charge in [-0.15, -0.1) is 0 Å². The summed E-state index contributed by atoms with van der Waals surface area (Å²) in [6, 6.07) is 1.63. The third kappa shape index (κ3) is 3.81. The highest BCUT2D eigenvalue weighted by molar-refractivity contribution is 7.99. The molecule has 0 spiro atoms. The van der Waals surface area contributed by atoms with Crippen LogP contribution in [0.1, 0.15) is 43.1 Å². The summed E-state index contributed by atoms with van der Waals surface area (Å²) in [5.41, 5.74) is 0.317. The van der Waals surface area contributed by atoms with E-state index in [1.165, 1.54) is 23.0 Å². The number of amides is 1. The lowest BCUT2D eigenvalue weighted by Crippen LogP contribution is -2.41. The molecule has 3 rings (SSSR count). The predicted molar refractivity (Wildman–Crippen MR) is 95.8 cm³/mol. The lowest BCUT2D eigenvalue weighted by molar-refractivity contribution is 0.0905. The van der Waals surface area contributed by atoms with Gasteiger partial charge in [-0.3, -0.25) is 4.79 Å². The molecule has 8 heteroatoms. The van der Waals surface area contributed by atoms with E-state index in [-0.39, 0.29) is 16.8 Å². The quantitative estimate of drug-likeness (QED) is 0.849. The molecule has 2 fully saturated rings. The third-order valence-electron chi connectivity index (χ3n) is 4.94. The fraction of sp³-hybridized carbons (Fsp3) is 0.688. The SMILES string of the molecule is CC1CCCCC1NC(=O)c1cc(S(=O)(=O)N2CCSCC2)c[nH]1. The Bertz CT molecular complexity index is 680. The van der Waals surface area contributed by atoms with Crippen LogP contribution in [0, 0.1) is 5.92 Å². The molecule has 6 nitrogen and oxygen atoms in total. The number of rotatable bonds is 4. The minimum absolute atomic E-state index is 0.175. The fourth-order valence-corrected chi connectivity index (χ4v) is 5.94. The molecule has 1 aliphatic carbocycles. The molecule has 1 aromatic rings. The van der Waals surface area contributed by atoms with E-state index in [1.54, 1.807) is 11.8 Å². The molecule has 2 N–H and O–H groups in total. The highest BCUT2D eigenvalue weighted by Gasteiger charge is 2.29. The molecule has 134 valence electrons. The monoisotopic (exact) mass is 371 g/mol. The number of nitrogens with zero attached hydrogens (tertiary/aromatic N) is 1. The molecule has 1 amide bonds. The highest BCUT2D eigenvalue weighted by Crippen LogP contribution is 2.24. The second-order valence-electron chi connectivity index (χ2n) is 6.61. The van der Waals surface area contributed by atoms with Gasteiger partial charge in [0.05, 0.1) is 0 Å². The van der Waals surface area contributed by atoms with Crippen LogP contribution in [0.2, 0.25) is 0 Å². The number of carbonyl (C=O) groups excluding carboxylic acids is 1. The number of nitrogens with one attached hydrogen (secondary N) is 2. The largest absolute Gasteiger partial charge is 0.356 e. The van der Waals surface area contributed by atoms with Crippen molar-refractivity contribution < 1.29 is 13.2 Å². The van der Waals surface area contributed by atoms with Gasteiger partial charge in [0.1, 0.15) is 10.6 Å². The third-order valence-corrected chi connectivity index (χ3v) is 7.76. The second-order valence-corrected chi connectivity index (χ2v) is 9.77. The van der Waals surface area contributed by atoms with Crippen LogP contribution in [0.15, 0.2) is 17.2 Å². The first-order valence-corrected chi connectivity index (χ1v) is 11.1. The molecule has 24 heavy (non-hydrogen) atoms. The molecular weight excluding hydrogens is 346 g/mol. The van der Waals surface area contributed by atoms with Crippen LogP contribution in [0.25, 0.3) is 0 Å². The Hall–Kier alpha value is -0.990. The lowest BCUT2D eigenvalue weighted by Gasteiger charge is -2.29. The molecule has 1 saturated carbocycles. The second kappa shape index (κ2) is 7.49. The minimum Gasteiger partial charge on any atom is -0.356 e. The maximum absolute atomic E-state index is 12.6. The van der Waals surface area contributed by atoms with Gasteiger partial charge < -0.3 is 10.3 Å². The average molecular weight is 372 g/mol. The molecule has 1 aromatic heterocycles. The molecule has 0 bridgehead atoms. The van der Waals surface area contributed by atoms with Crippen LogP contribution in [-0.4, -0.2) is 54.3 Å². The Balaban J connectivity index is 1.69. The van der Waals surface area contributed by atoms with Crippen molar-refractivity contribution in [3.05, 3.63) is 18.0 Å². The molecule has 2 aliphatic rings. The van der Waals surface area contributed by atoms with Crippen LogP contribution in [0.3, 0.4) is 0 Å². The van der Waals surface area contributed by atoms with Crippen LogP contribution in [0.4, 0.5) is 0 Å². The van der Waals surface area contributed by atoms with Crippen LogP contribution < -0.4 is 5.32 Å². The van der Waals surface area contributed by atoms with E-state index in [1.807, 2.05) is 0 Å². The number of aromatic nitrogens is 1. The first-order valence-electron chi connectivity index (χ1n) is 8.55. The summed E-state index contributed by atoms with van der Waals surface area (Å²) in [6.07, 6.45) is 5.89. The molecule has 1 aliphatic heterocycles. The van der Waals surface area contributed by atoms with Gasteiger partial charge in [-0.2, -0.15) is 16.1 Å². The van der Waals surface area contributed by atoms with Gasteiger partial charge in [0.25, 0.3) is 5.91 Å². The Morgan fingerprint density at radius 3 is 2.71 bits per heavy atom. The van der Waals surface area contributed by atoms with Gasteiger partial charge in [0.2, 0.25) is 10.0 Å². The number of carbonyl (C=O) groups is 1. The minimum atomic E-state index is -3.51. The van der Waals surface area contributed by atoms with Gasteiger partial charge in [0, 0.05) is 36.8 Å². The number of H-pyrrole nitrogens is 1. The van der Waals surface area contributed by atoms with Gasteiger partial charge in [-0.1, -0.05) is 19.8 Å². The van der Waals surface area contributed by atoms with Crippen molar-refractivity contribution in [3.8, 4) is 0 Å². The number of hydrogen-bond donors (Lipinski definition) is 2. The van der Waals surface area contributed by atoms with Crippen molar-refractivity contribution in [2.24, 2.45) is 5.92 Å². The van der Waals surface area contributed by atoms with E-state index in [9.17, 15) is 13.2 Å². The van der Waals surface area contributed by atoms with E-state index < -0.39 is 10.0 Å². The van der Waals surface area contributed by atoms with Crippen molar-refractivity contribution in [3.63, 3.8) is 0 Å². The van der Waals surface area contributed by atoms with E-state index >= 15 is 0 Å². The molecule has 0 radical (unpaired) electrons. The molecule has 2 heterocycles. The van der Waals surface area contributed by atoms with E-state index in [0.717, 1.165) is 30.8 Å². The lowest BCUT2D eigenvalue weighted by atomic mass is 9.86. The first-order chi connectivity index (χ1) is 11.5. The molecule has 1 saturated heterocycles.